The van der Waals surface area contributed by atoms with Gasteiger partial charge in [-0.1, -0.05) is 25.1 Å². The Balaban J connectivity index is 2.19. The van der Waals surface area contributed by atoms with Crippen LogP contribution in [0.25, 0.3) is 22.4 Å². The number of para-hydroxylation sites is 1. The molecule has 0 saturated heterocycles. The summed E-state index contributed by atoms with van der Waals surface area (Å²) in [5, 5.41) is 1.10. The van der Waals surface area contributed by atoms with E-state index in [9.17, 15) is 0 Å². The highest BCUT2D eigenvalue weighted by Gasteiger charge is 2.11. The summed E-state index contributed by atoms with van der Waals surface area (Å²) in [6.07, 6.45) is 0.797. The van der Waals surface area contributed by atoms with Crippen molar-refractivity contribution in [2.75, 3.05) is 0 Å². The second kappa shape index (κ2) is 4.78. The molecule has 0 radical (unpaired) electrons. The number of benzene rings is 1. The highest BCUT2D eigenvalue weighted by molar-refractivity contribution is 9.10. The molecule has 0 bridgehead atoms. The van der Waals surface area contributed by atoms with E-state index in [4.69, 9.17) is 4.42 Å². The summed E-state index contributed by atoms with van der Waals surface area (Å²) in [5.74, 6) is 1.59. The van der Waals surface area contributed by atoms with Gasteiger partial charge in [-0.3, -0.25) is 0 Å². The lowest BCUT2D eigenvalue weighted by Crippen LogP contribution is -1.94. The van der Waals surface area contributed by atoms with Crippen LogP contribution in [0, 0.1) is 6.92 Å². The maximum absolute atomic E-state index is 5.93. The Bertz CT molecular complexity index is 749. The van der Waals surface area contributed by atoms with E-state index in [1.54, 1.807) is 0 Å². The Morgan fingerprint density at radius 1 is 1.21 bits per heavy atom. The van der Waals surface area contributed by atoms with Gasteiger partial charge in [-0.25, -0.2) is 9.97 Å². The fraction of sp³-hybridized carbons (Fsp3) is 0.200. The van der Waals surface area contributed by atoms with Crippen molar-refractivity contribution in [2.45, 2.75) is 20.3 Å². The number of hydrogen-bond donors (Lipinski definition) is 0. The summed E-state index contributed by atoms with van der Waals surface area (Å²) >= 11 is 3.42. The molecule has 0 aliphatic carbocycles. The summed E-state index contributed by atoms with van der Waals surface area (Å²) in [4.78, 5) is 8.83. The Hall–Kier alpha value is -1.68. The minimum Gasteiger partial charge on any atom is -0.454 e. The van der Waals surface area contributed by atoms with Gasteiger partial charge < -0.3 is 4.42 Å². The SMILES string of the molecule is CCc1nc(Br)cc(-c2cc3cccc(C)c3o2)n1. The maximum Gasteiger partial charge on any atom is 0.153 e. The molecule has 96 valence electrons. The summed E-state index contributed by atoms with van der Waals surface area (Å²) in [6.45, 7) is 4.08. The Labute approximate surface area is 119 Å². The van der Waals surface area contributed by atoms with Crippen molar-refractivity contribution in [3.63, 3.8) is 0 Å². The minimum absolute atomic E-state index is 0.780. The molecular weight excluding hydrogens is 304 g/mol. The van der Waals surface area contributed by atoms with Gasteiger partial charge >= 0.3 is 0 Å². The number of rotatable bonds is 2. The van der Waals surface area contributed by atoms with E-state index >= 15 is 0 Å². The van der Waals surface area contributed by atoms with Crippen molar-refractivity contribution in [1.82, 2.24) is 9.97 Å². The standard InChI is InChI=1S/C15H13BrN2O/c1-3-14-17-11(8-13(16)18-14)12-7-10-6-4-5-9(2)15(10)19-12/h4-8H,3H2,1-2H3. The Morgan fingerprint density at radius 3 is 2.79 bits per heavy atom. The molecule has 2 aromatic heterocycles. The van der Waals surface area contributed by atoms with Crippen molar-refractivity contribution in [3.8, 4) is 11.5 Å². The van der Waals surface area contributed by atoms with E-state index in [1.807, 2.05) is 44.2 Å². The molecule has 0 unspecified atom stereocenters. The number of hydrogen-bond acceptors (Lipinski definition) is 3. The molecule has 3 nitrogen and oxygen atoms in total. The van der Waals surface area contributed by atoms with Crippen LogP contribution in [0.5, 0.6) is 0 Å². The maximum atomic E-state index is 5.93. The predicted molar refractivity (Wildman–Crippen MR) is 79.1 cm³/mol. The van der Waals surface area contributed by atoms with Crippen molar-refractivity contribution < 1.29 is 4.42 Å². The van der Waals surface area contributed by atoms with E-state index in [1.165, 1.54) is 0 Å². The number of furan rings is 1. The average molecular weight is 317 g/mol. The van der Waals surface area contributed by atoms with Crippen LogP contribution in [0.15, 0.2) is 39.4 Å². The summed E-state index contributed by atoms with van der Waals surface area (Å²) in [6, 6.07) is 10.0. The van der Waals surface area contributed by atoms with Crippen molar-refractivity contribution in [3.05, 3.63) is 46.3 Å². The van der Waals surface area contributed by atoms with Gasteiger partial charge in [-0.15, -0.1) is 0 Å². The first-order chi connectivity index (χ1) is 9.17. The average Bonchev–Trinajstić information content (AvgIpc) is 2.83. The zero-order chi connectivity index (χ0) is 13.4. The number of halogens is 1. The molecular formula is C15H13BrN2O. The molecule has 0 saturated carbocycles. The molecule has 0 amide bonds. The molecule has 0 spiro atoms. The van der Waals surface area contributed by atoms with E-state index in [2.05, 4.69) is 25.9 Å². The van der Waals surface area contributed by atoms with E-state index < -0.39 is 0 Å². The van der Waals surface area contributed by atoms with Gasteiger partial charge in [0.05, 0.1) is 0 Å². The molecule has 0 atom stereocenters. The van der Waals surface area contributed by atoms with Crippen molar-refractivity contribution in [1.29, 1.82) is 0 Å². The zero-order valence-corrected chi connectivity index (χ0v) is 12.4. The van der Waals surface area contributed by atoms with Crippen LogP contribution in [0.2, 0.25) is 0 Å². The molecule has 4 heteroatoms. The lowest BCUT2D eigenvalue weighted by Gasteiger charge is -2.00. The topological polar surface area (TPSA) is 38.9 Å². The third kappa shape index (κ3) is 2.28. The van der Waals surface area contributed by atoms with Crippen LogP contribution in [0.4, 0.5) is 0 Å². The van der Waals surface area contributed by atoms with Gasteiger partial charge in [-0.2, -0.15) is 0 Å². The number of aromatic nitrogens is 2. The molecule has 2 heterocycles. The van der Waals surface area contributed by atoms with Gasteiger partial charge in [0.15, 0.2) is 5.76 Å². The molecule has 0 aliphatic heterocycles. The largest absolute Gasteiger partial charge is 0.454 e. The van der Waals surface area contributed by atoms with Gasteiger partial charge in [0.2, 0.25) is 0 Å². The molecule has 0 aliphatic rings. The van der Waals surface area contributed by atoms with Crippen LogP contribution in [0.1, 0.15) is 18.3 Å². The second-order valence-electron chi connectivity index (χ2n) is 4.45. The van der Waals surface area contributed by atoms with Crippen LogP contribution < -0.4 is 0 Å². The van der Waals surface area contributed by atoms with Crippen LogP contribution in [-0.4, -0.2) is 9.97 Å². The van der Waals surface area contributed by atoms with Gasteiger partial charge in [0, 0.05) is 17.9 Å². The van der Waals surface area contributed by atoms with Crippen LogP contribution >= 0.6 is 15.9 Å². The van der Waals surface area contributed by atoms with Crippen molar-refractivity contribution in [2.24, 2.45) is 0 Å². The van der Waals surface area contributed by atoms with E-state index in [0.29, 0.717) is 0 Å². The molecule has 3 aromatic rings. The first kappa shape index (κ1) is 12.4. The minimum atomic E-state index is 0.780. The second-order valence-corrected chi connectivity index (χ2v) is 5.26. The van der Waals surface area contributed by atoms with Gasteiger partial charge in [0.25, 0.3) is 0 Å². The Morgan fingerprint density at radius 2 is 2.05 bits per heavy atom. The summed E-state index contributed by atoms with van der Waals surface area (Å²) < 4.78 is 6.71. The molecule has 0 fully saturated rings. The number of nitrogens with zero attached hydrogens (tertiary/aromatic N) is 2. The highest BCUT2D eigenvalue weighted by Crippen LogP contribution is 2.29. The summed E-state index contributed by atoms with van der Waals surface area (Å²) in [5.41, 5.74) is 2.87. The lowest BCUT2D eigenvalue weighted by molar-refractivity contribution is 0.624. The summed E-state index contributed by atoms with van der Waals surface area (Å²) in [7, 11) is 0. The number of aryl methyl sites for hydroxylation is 2. The highest BCUT2D eigenvalue weighted by atomic mass is 79.9. The van der Waals surface area contributed by atoms with Crippen LogP contribution in [0.3, 0.4) is 0 Å². The Kier molecular flexibility index (Phi) is 3.11. The van der Waals surface area contributed by atoms with E-state index in [0.717, 1.165) is 44.8 Å². The lowest BCUT2D eigenvalue weighted by atomic mass is 10.2. The smallest absolute Gasteiger partial charge is 0.153 e. The normalized spacial score (nSPS) is 11.1. The third-order valence-corrected chi connectivity index (χ3v) is 3.46. The monoisotopic (exact) mass is 316 g/mol. The first-order valence-corrected chi connectivity index (χ1v) is 6.99. The number of fused-ring (bicyclic) bond motifs is 1. The fourth-order valence-corrected chi connectivity index (χ4v) is 2.51. The van der Waals surface area contributed by atoms with E-state index in [-0.39, 0.29) is 0 Å². The molecule has 19 heavy (non-hydrogen) atoms. The van der Waals surface area contributed by atoms with Gasteiger partial charge in [-0.05, 0) is 34.5 Å². The third-order valence-electron chi connectivity index (χ3n) is 3.05. The molecule has 1 aromatic carbocycles. The fourth-order valence-electron chi connectivity index (χ4n) is 2.08. The first-order valence-electron chi connectivity index (χ1n) is 6.20. The quantitative estimate of drug-likeness (QED) is 0.652. The molecule has 3 rings (SSSR count). The predicted octanol–water partition coefficient (Wildman–Crippen LogP) is 4.52. The van der Waals surface area contributed by atoms with Gasteiger partial charge in [0.1, 0.15) is 21.7 Å². The van der Waals surface area contributed by atoms with Crippen molar-refractivity contribution >= 4 is 26.9 Å². The molecule has 0 N–H and O–H groups in total. The zero-order valence-electron chi connectivity index (χ0n) is 10.8. The van der Waals surface area contributed by atoms with Crippen LogP contribution in [-0.2, 0) is 6.42 Å².